The number of rotatable bonds is 2. The normalized spacial score (nSPS) is 18.9. The molecule has 1 saturated heterocycles. The van der Waals surface area contributed by atoms with Crippen LogP contribution in [-0.4, -0.2) is 32.2 Å². The van der Waals surface area contributed by atoms with Crippen molar-refractivity contribution in [3.63, 3.8) is 0 Å². The molecule has 1 aromatic rings. The summed E-state index contributed by atoms with van der Waals surface area (Å²) in [5, 5.41) is 0. The second kappa shape index (κ2) is 5.11. The largest absolute Gasteiger partial charge is 0.486 e. The van der Waals surface area contributed by atoms with E-state index in [1.165, 1.54) is 0 Å². The highest BCUT2D eigenvalue weighted by atomic mass is 16.6. The highest BCUT2D eigenvalue weighted by Crippen LogP contribution is 2.39. The van der Waals surface area contributed by atoms with Crippen molar-refractivity contribution in [3.8, 4) is 11.5 Å². The molecule has 6 heteroatoms. The Balaban J connectivity index is 1.79. The fourth-order valence-corrected chi connectivity index (χ4v) is 2.77. The molecule has 0 spiro atoms. The number of amides is 1. The van der Waals surface area contributed by atoms with Gasteiger partial charge in [-0.05, 0) is 12.8 Å². The lowest BCUT2D eigenvalue weighted by atomic mass is 9.96. The maximum Gasteiger partial charge on any atom is 0.220 e. The topological polar surface area (TPSA) is 90.8 Å². The summed E-state index contributed by atoms with van der Waals surface area (Å²) in [5.74, 6) is 1.20. The van der Waals surface area contributed by atoms with Crippen LogP contribution in [0.1, 0.15) is 12.8 Å². The van der Waals surface area contributed by atoms with Gasteiger partial charge in [0.05, 0.1) is 11.4 Å². The molecule has 6 nitrogen and oxygen atoms in total. The van der Waals surface area contributed by atoms with Crippen molar-refractivity contribution in [2.75, 3.05) is 36.9 Å². The number of hydrogen-bond acceptors (Lipinski definition) is 5. The smallest absolute Gasteiger partial charge is 0.220 e. The number of benzene rings is 1. The zero-order chi connectivity index (χ0) is 14.1. The maximum absolute atomic E-state index is 11.2. The molecule has 0 atom stereocenters. The van der Waals surface area contributed by atoms with Crippen molar-refractivity contribution in [3.05, 3.63) is 12.1 Å². The monoisotopic (exact) mass is 277 g/mol. The first-order chi connectivity index (χ1) is 9.65. The van der Waals surface area contributed by atoms with Crippen molar-refractivity contribution in [2.24, 2.45) is 11.7 Å². The van der Waals surface area contributed by atoms with Crippen LogP contribution >= 0.6 is 0 Å². The van der Waals surface area contributed by atoms with Crippen LogP contribution in [0, 0.1) is 5.92 Å². The Kier molecular flexibility index (Phi) is 3.30. The lowest BCUT2D eigenvalue weighted by Gasteiger charge is -2.33. The summed E-state index contributed by atoms with van der Waals surface area (Å²) in [7, 11) is 0. The third kappa shape index (κ3) is 2.33. The first-order valence-electron chi connectivity index (χ1n) is 6.88. The highest BCUT2D eigenvalue weighted by molar-refractivity contribution is 5.78. The van der Waals surface area contributed by atoms with Gasteiger partial charge in [-0.2, -0.15) is 0 Å². The molecule has 0 aliphatic carbocycles. The number of nitrogens with two attached hydrogens (primary N) is 2. The minimum Gasteiger partial charge on any atom is -0.486 e. The molecule has 2 heterocycles. The average Bonchev–Trinajstić information content (AvgIpc) is 2.46. The molecule has 108 valence electrons. The Hall–Kier alpha value is -2.11. The molecule has 4 N–H and O–H groups in total. The summed E-state index contributed by atoms with van der Waals surface area (Å²) in [6.07, 6.45) is 1.53. The van der Waals surface area contributed by atoms with E-state index in [0.29, 0.717) is 24.7 Å². The molecule has 1 fully saturated rings. The van der Waals surface area contributed by atoms with Crippen molar-refractivity contribution in [1.29, 1.82) is 0 Å². The molecule has 1 amide bonds. The maximum atomic E-state index is 11.2. The molecular formula is C14H19N3O3. The van der Waals surface area contributed by atoms with Gasteiger partial charge in [-0.15, -0.1) is 0 Å². The van der Waals surface area contributed by atoms with Crippen molar-refractivity contribution < 1.29 is 14.3 Å². The van der Waals surface area contributed by atoms with E-state index < -0.39 is 0 Å². The van der Waals surface area contributed by atoms with Gasteiger partial charge in [0.15, 0.2) is 11.5 Å². The Bertz CT molecular complexity index is 525. The summed E-state index contributed by atoms with van der Waals surface area (Å²) >= 11 is 0. The first-order valence-corrected chi connectivity index (χ1v) is 6.88. The van der Waals surface area contributed by atoms with E-state index in [-0.39, 0.29) is 11.8 Å². The summed E-state index contributed by atoms with van der Waals surface area (Å²) < 4.78 is 11.1. The summed E-state index contributed by atoms with van der Waals surface area (Å²) in [6, 6.07) is 3.73. The number of carbonyl (C=O) groups excluding carboxylic acids is 1. The van der Waals surface area contributed by atoms with Crippen LogP contribution < -0.4 is 25.8 Å². The standard InChI is InChI=1S/C14H19N3O3/c15-10-7-12-13(20-6-5-19-12)8-11(10)17-3-1-9(2-4-17)14(16)18/h7-9H,1-6,15H2,(H2,16,18). The van der Waals surface area contributed by atoms with Gasteiger partial charge >= 0.3 is 0 Å². The fourth-order valence-electron chi connectivity index (χ4n) is 2.77. The number of nitrogen functional groups attached to an aromatic ring is 1. The lowest BCUT2D eigenvalue weighted by molar-refractivity contribution is -0.122. The highest BCUT2D eigenvalue weighted by Gasteiger charge is 2.25. The number of primary amides is 1. The Morgan fingerprint density at radius 2 is 1.75 bits per heavy atom. The number of nitrogens with zero attached hydrogens (tertiary/aromatic N) is 1. The summed E-state index contributed by atoms with van der Waals surface area (Å²) in [5.41, 5.74) is 13.1. The Morgan fingerprint density at radius 3 is 2.35 bits per heavy atom. The number of fused-ring (bicyclic) bond motifs is 1. The predicted molar refractivity (Wildman–Crippen MR) is 76.0 cm³/mol. The van der Waals surface area contributed by atoms with Crippen molar-refractivity contribution in [1.82, 2.24) is 0 Å². The van der Waals surface area contributed by atoms with E-state index >= 15 is 0 Å². The zero-order valence-electron chi connectivity index (χ0n) is 11.3. The van der Waals surface area contributed by atoms with Gasteiger partial charge in [-0.25, -0.2) is 0 Å². The van der Waals surface area contributed by atoms with Crippen LogP contribution in [0.15, 0.2) is 12.1 Å². The van der Waals surface area contributed by atoms with Crippen LogP contribution in [0.25, 0.3) is 0 Å². The molecule has 0 bridgehead atoms. The van der Waals surface area contributed by atoms with Gasteiger partial charge in [-0.1, -0.05) is 0 Å². The van der Waals surface area contributed by atoms with E-state index in [2.05, 4.69) is 4.90 Å². The van der Waals surface area contributed by atoms with Crippen LogP contribution in [0.4, 0.5) is 11.4 Å². The van der Waals surface area contributed by atoms with Crippen LogP contribution in [0.2, 0.25) is 0 Å². The second-order valence-electron chi connectivity index (χ2n) is 5.22. The average molecular weight is 277 g/mol. The van der Waals surface area contributed by atoms with Gasteiger partial charge in [-0.3, -0.25) is 4.79 Å². The third-order valence-electron chi connectivity index (χ3n) is 3.93. The molecule has 3 rings (SSSR count). The van der Waals surface area contributed by atoms with Crippen LogP contribution in [-0.2, 0) is 4.79 Å². The Morgan fingerprint density at radius 1 is 1.15 bits per heavy atom. The number of hydrogen-bond donors (Lipinski definition) is 2. The third-order valence-corrected chi connectivity index (χ3v) is 3.93. The van der Waals surface area contributed by atoms with Crippen molar-refractivity contribution in [2.45, 2.75) is 12.8 Å². The minimum atomic E-state index is -0.209. The molecule has 2 aliphatic heterocycles. The summed E-state index contributed by atoms with van der Waals surface area (Å²) in [4.78, 5) is 13.4. The molecule has 20 heavy (non-hydrogen) atoms. The predicted octanol–water partition coefficient (Wildman–Crippen LogP) is 0.742. The molecule has 0 saturated carbocycles. The lowest BCUT2D eigenvalue weighted by Crippen LogP contribution is -2.38. The van der Waals surface area contributed by atoms with Gasteiger partial charge in [0.1, 0.15) is 13.2 Å². The molecule has 0 aromatic heterocycles. The van der Waals surface area contributed by atoms with Crippen LogP contribution in [0.5, 0.6) is 11.5 Å². The van der Waals surface area contributed by atoms with Gasteiger partial charge in [0, 0.05) is 31.1 Å². The number of piperidine rings is 1. The molecule has 0 radical (unpaired) electrons. The molecule has 2 aliphatic rings. The quantitative estimate of drug-likeness (QED) is 0.778. The molecule has 1 aromatic carbocycles. The number of ether oxygens (including phenoxy) is 2. The van der Waals surface area contributed by atoms with E-state index in [1.54, 1.807) is 0 Å². The number of anilines is 2. The Labute approximate surface area is 117 Å². The van der Waals surface area contributed by atoms with E-state index in [4.69, 9.17) is 20.9 Å². The van der Waals surface area contributed by atoms with Gasteiger partial charge < -0.3 is 25.8 Å². The molecule has 0 unspecified atom stereocenters. The van der Waals surface area contributed by atoms with Gasteiger partial charge in [0.25, 0.3) is 0 Å². The van der Waals surface area contributed by atoms with E-state index in [0.717, 1.165) is 37.4 Å². The fraction of sp³-hybridized carbons (Fsp3) is 0.500. The second-order valence-corrected chi connectivity index (χ2v) is 5.22. The molecular weight excluding hydrogens is 258 g/mol. The first kappa shape index (κ1) is 12.9. The number of carbonyl (C=O) groups is 1. The zero-order valence-corrected chi connectivity index (χ0v) is 11.3. The van der Waals surface area contributed by atoms with Crippen LogP contribution in [0.3, 0.4) is 0 Å². The van der Waals surface area contributed by atoms with Crippen molar-refractivity contribution >= 4 is 17.3 Å². The minimum absolute atomic E-state index is 0.0234. The van der Waals surface area contributed by atoms with E-state index in [1.807, 2.05) is 12.1 Å². The van der Waals surface area contributed by atoms with E-state index in [9.17, 15) is 4.79 Å². The van der Waals surface area contributed by atoms with Gasteiger partial charge in [0.2, 0.25) is 5.91 Å². The summed E-state index contributed by atoms with van der Waals surface area (Å²) in [6.45, 7) is 2.66. The SMILES string of the molecule is NC(=O)C1CCN(c2cc3c(cc2N)OCCO3)CC1.